The highest BCUT2D eigenvalue weighted by Gasteiger charge is 2.11. The number of benzene rings is 2. The Balaban J connectivity index is 2.38. The predicted octanol–water partition coefficient (Wildman–Crippen LogP) is 3.85. The minimum Gasteiger partial charge on any atom is -0.283 e. The second-order valence-electron chi connectivity index (χ2n) is 4.75. The van der Waals surface area contributed by atoms with E-state index in [1.807, 2.05) is 36.4 Å². The van der Waals surface area contributed by atoms with Crippen molar-refractivity contribution in [2.75, 3.05) is 5.75 Å². The molecular weight excluding hydrogens is 280 g/mol. The number of hydrogen-bond donors (Lipinski definition) is 0. The van der Waals surface area contributed by atoms with Gasteiger partial charge >= 0.3 is 0 Å². The maximum atomic E-state index is 12.7. The fourth-order valence-corrected chi connectivity index (χ4v) is 3.15. The molecule has 0 saturated heterocycles. The van der Waals surface area contributed by atoms with Crippen molar-refractivity contribution in [2.24, 2.45) is 0 Å². The molecule has 3 aromatic rings. The normalized spacial score (nSPS) is 11.1. The summed E-state index contributed by atoms with van der Waals surface area (Å²) in [5.41, 5.74) is 0.761. The minimum absolute atomic E-state index is 0.00148. The standard InChI is InChI=1S/C17H16N2OS/c1-3-9-19-16(20)14-10-12-7-5-6-8-13(12)11-15(14)18-17(19)21-4-2/h3,5-8,10-11H,1,4,9H2,2H3. The lowest BCUT2D eigenvalue weighted by atomic mass is 10.1. The van der Waals surface area contributed by atoms with Crippen LogP contribution >= 0.6 is 11.8 Å². The zero-order valence-corrected chi connectivity index (χ0v) is 12.7. The van der Waals surface area contributed by atoms with E-state index in [9.17, 15) is 4.79 Å². The van der Waals surface area contributed by atoms with Crippen LogP contribution in [-0.2, 0) is 6.54 Å². The molecule has 0 spiro atoms. The molecule has 0 aliphatic rings. The zero-order chi connectivity index (χ0) is 14.8. The number of allylic oxidation sites excluding steroid dienone is 1. The van der Waals surface area contributed by atoms with Crippen LogP contribution in [0.2, 0.25) is 0 Å². The van der Waals surface area contributed by atoms with Gasteiger partial charge in [-0.2, -0.15) is 0 Å². The minimum atomic E-state index is 0.00148. The summed E-state index contributed by atoms with van der Waals surface area (Å²) >= 11 is 1.58. The topological polar surface area (TPSA) is 34.9 Å². The third-order valence-electron chi connectivity index (χ3n) is 3.37. The fourth-order valence-electron chi connectivity index (χ4n) is 2.42. The summed E-state index contributed by atoms with van der Waals surface area (Å²) in [7, 11) is 0. The molecule has 0 aliphatic carbocycles. The van der Waals surface area contributed by atoms with Gasteiger partial charge in [-0.25, -0.2) is 4.98 Å². The van der Waals surface area contributed by atoms with Gasteiger partial charge in [-0.15, -0.1) is 6.58 Å². The lowest BCUT2D eigenvalue weighted by molar-refractivity contribution is 0.672. The summed E-state index contributed by atoms with van der Waals surface area (Å²) < 4.78 is 1.69. The number of hydrogen-bond acceptors (Lipinski definition) is 3. The Hall–Kier alpha value is -2.07. The molecule has 0 bridgehead atoms. The predicted molar refractivity (Wildman–Crippen MR) is 90.1 cm³/mol. The van der Waals surface area contributed by atoms with Gasteiger partial charge in [-0.05, 0) is 28.7 Å². The van der Waals surface area contributed by atoms with Gasteiger partial charge < -0.3 is 0 Å². The molecule has 4 heteroatoms. The highest BCUT2D eigenvalue weighted by molar-refractivity contribution is 7.99. The van der Waals surface area contributed by atoms with E-state index in [-0.39, 0.29) is 5.56 Å². The van der Waals surface area contributed by atoms with E-state index in [1.165, 1.54) is 0 Å². The number of rotatable bonds is 4. The average molecular weight is 296 g/mol. The van der Waals surface area contributed by atoms with Crippen LogP contribution < -0.4 is 5.56 Å². The van der Waals surface area contributed by atoms with E-state index >= 15 is 0 Å². The Kier molecular flexibility index (Phi) is 3.80. The number of thioether (sulfide) groups is 1. The molecule has 0 atom stereocenters. The van der Waals surface area contributed by atoms with E-state index < -0.39 is 0 Å². The third-order valence-corrected chi connectivity index (χ3v) is 4.23. The molecule has 2 aromatic carbocycles. The molecule has 21 heavy (non-hydrogen) atoms. The Morgan fingerprint density at radius 3 is 2.67 bits per heavy atom. The van der Waals surface area contributed by atoms with Crippen molar-refractivity contribution in [3.05, 3.63) is 59.4 Å². The molecule has 0 amide bonds. The number of fused-ring (bicyclic) bond motifs is 2. The van der Waals surface area contributed by atoms with Crippen molar-refractivity contribution in [1.29, 1.82) is 0 Å². The highest BCUT2D eigenvalue weighted by Crippen LogP contribution is 2.22. The maximum Gasteiger partial charge on any atom is 0.262 e. The second-order valence-corrected chi connectivity index (χ2v) is 5.98. The molecule has 0 saturated carbocycles. The van der Waals surface area contributed by atoms with Crippen molar-refractivity contribution < 1.29 is 0 Å². The second kappa shape index (κ2) is 5.74. The first kappa shape index (κ1) is 13.9. The van der Waals surface area contributed by atoms with E-state index in [4.69, 9.17) is 0 Å². The van der Waals surface area contributed by atoms with Gasteiger partial charge in [0.05, 0.1) is 10.9 Å². The van der Waals surface area contributed by atoms with Crippen LogP contribution in [0.5, 0.6) is 0 Å². The Labute approximate surface area is 127 Å². The summed E-state index contributed by atoms with van der Waals surface area (Å²) in [5.74, 6) is 0.878. The van der Waals surface area contributed by atoms with Crippen LogP contribution in [0.25, 0.3) is 21.7 Å². The van der Waals surface area contributed by atoms with E-state index in [0.717, 1.165) is 27.2 Å². The Morgan fingerprint density at radius 1 is 1.29 bits per heavy atom. The van der Waals surface area contributed by atoms with Crippen molar-refractivity contribution in [3.63, 3.8) is 0 Å². The van der Waals surface area contributed by atoms with Gasteiger partial charge in [-0.3, -0.25) is 9.36 Å². The summed E-state index contributed by atoms with van der Waals surface area (Å²) in [6, 6.07) is 11.9. The molecule has 0 aliphatic heterocycles. The van der Waals surface area contributed by atoms with Crippen molar-refractivity contribution in [1.82, 2.24) is 9.55 Å². The Bertz CT molecular complexity index is 883. The van der Waals surface area contributed by atoms with Gasteiger partial charge in [0, 0.05) is 6.54 Å². The summed E-state index contributed by atoms with van der Waals surface area (Å²) in [5, 5.41) is 3.58. The molecule has 1 aromatic heterocycles. The van der Waals surface area contributed by atoms with Crippen LogP contribution in [0.15, 0.2) is 59.0 Å². The molecule has 0 N–H and O–H groups in total. The van der Waals surface area contributed by atoms with Crippen molar-refractivity contribution in [2.45, 2.75) is 18.6 Å². The monoisotopic (exact) mass is 296 g/mol. The van der Waals surface area contributed by atoms with Crippen molar-refractivity contribution in [3.8, 4) is 0 Å². The molecule has 0 unspecified atom stereocenters. The average Bonchev–Trinajstić information content (AvgIpc) is 2.50. The van der Waals surface area contributed by atoms with Gasteiger partial charge in [0.15, 0.2) is 5.16 Å². The fraction of sp³-hybridized carbons (Fsp3) is 0.176. The molecule has 3 rings (SSSR count). The smallest absolute Gasteiger partial charge is 0.262 e. The van der Waals surface area contributed by atoms with Crippen molar-refractivity contribution >= 4 is 33.4 Å². The largest absolute Gasteiger partial charge is 0.283 e. The van der Waals surface area contributed by atoms with Gasteiger partial charge in [0.1, 0.15) is 0 Å². The SMILES string of the molecule is C=CCn1c(SCC)nc2cc3ccccc3cc2c1=O. The van der Waals surface area contributed by atoms with Gasteiger partial charge in [0.25, 0.3) is 5.56 Å². The molecule has 0 fully saturated rings. The summed E-state index contributed by atoms with van der Waals surface area (Å²) in [6.07, 6.45) is 1.73. The molecule has 3 nitrogen and oxygen atoms in total. The van der Waals surface area contributed by atoms with E-state index in [1.54, 1.807) is 22.4 Å². The van der Waals surface area contributed by atoms with Crippen LogP contribution in [0.3, 0.4) is 0 Å². The van der Waals surface area contributed by atoms with Gasteiger partial charge in [-0.1, -0.05) is 49.0 Å². The highest BCUT2D eigenvalue weighted by atomic mass is 32.2. The molecular formula is C17H16N2OS. The first-order chi connectivity index (χ1) is 10.2. The first-order valence-electron chi connectivity index (χ1n) is 6.91. The first-order valence-corrected chi connectivity index (χ1v) is 7.90. The van der Waals surface area contributed by atoms with Crippen LogP contribution in [0.4, 0.5) is 0 Å². The third kappa shape index (κ3) is 2.47. The van der Waals surface area contributed by atoms with Crippen LogP contribution in [0, 0.1) is 0 Å². The lowest BCUT2D eigenvalue weighted by Crippen LogP contribution is -2.22. The summed E-state index contributed by atoms with van der Waals surface area (Å²) in [6.45, 7) is 6.27. The molecule has 1 heterocycles. The maximum absolute atomic E-state index is 12.7. The van der Waals surface area contributed by atoms with E-state index in [2.05, 4.69) is 18.5 Å². The quantitative estimate of drug-likeness (QED) is 0.317. The molecule has 106 valence electrons. The van der Waals surface area contributed by atoms with Gasteiger partial charge in [0.2, 0.25) is 0 Å². The van der Waals surface area contributed by atoms with Crippen LogP contribution in [-0.4, -0.2) is 15.3 Å². The molecule has 0 radical (unpaired) electrons. The number of aromatic nitrogens is 2. The lowest BCUT2D eigenvalue weighted by Gasteiger charge is -2.11. The zero-order valence-electron chi connectivity index (χ0n) is 11.9. The van der Waals surface area contributed by atoms with Crippen LogP contribution in [0.1, 0.15) is 6.92 Å². The van der Waals surface area contributed by atoms with E-state index in [0.29, 0.717) is 11.9 Å². The summed E-state index contributed by atoms with van der Waals surface area (Å²) in [4.78, 5) is 17.4. The Morgan fingerprint density at radius 2 is 2.00 bits per heavy atom. The number of nitrogens with zero attached hydrogens (tertiary/aromatic N) is 2.